The zero-order chi connectivity index (χ0) is 19.1. The van der Waals surface area contributed by atoms with Gasteiger partial charge in [0.25, 0.3) is 0 Å². The summed E-state index contributed by atoms with van der Waals surface area (Å²) >= 11 is 0. The summed E-state index contributed by atoms with van der Waals surface area (Å²) < 4.78 is 12.8. The molecule has 6 heteroatoms. The van der Waals surface area contributed by atoms with Crippen molar-refractivity contribution in [3.8, 4) is 23.2 Å². The zero-order valence-corrected chi connectivity index (χ0v) is 15.6. The summed E-state index contributed by atoms with van der Waals surface area (Å²) in [6.45, 7) is 3.94. The Morgan fingerprint density at radius 2 is 2.04 bits per heavy atom. The molecule has 5 rings (SSSR count). The van der Waals surface area contributed by atoms with Gasteiger partial charge in [-0.3, -0.25) is 0 Å². The summed E-state index contributed by atoms with van der Waals surface area (Å²) in [5, 5.41) is 13.9. The third-order valence-electron chi connectivity index (χ3n) is 5.52. The first-order valence-corrected chi connectivity index (χ1v) is 9.53. The molecule has 1 saturated carbocycles. The smallest absolute Gasteiger partial charge is 0.167 e. The lowest BCUT2D eigenvalue weighted by atomic mass is 10.1. The molecule has 3 heterocycles. The van der Waals surface area contributed by atoms with Gasteiger partial charge in [-0.25, -0.2) is 4.98 Å². The van der Waals surface area contributed by atoms with Crippen LogP contribution < -0.4 is 0 Å². The first kappa shape index (κ1) is 17.2. The first-order valence-electron chi connectivity index (χ1n) is 9.53. The van der Waals surface area contributed by atoms with Gasteiger partial charge in [-0.2, -0.15) is 0 Å². The van der Waals surface area contributed by atoms with Gasteiger partial charge in [0.15, 0.2) is 5.76 Å². The maximum absolute atomic E-state index is 9.76. The molecule has 0 spiro atoms. The fraction of sp³-hybridized carbons (Fsp3) is 0.364. The summed E-state index contributed by atoms with van der Waals surface area (Å²) in [6, 6.07) is 9.95. The van der Waals surface area contributed by atoms with Crippen molar-refractivity contribution in [1.82, 2.24) is 14.7 Å². The fourth-order valence-corrected chi connectivity index (χ4v) is 3.86. The summed E-state index contributed by atoms with van der Waals surface area (Å²) in [5.74, 6) is 9.81. The van der Waals surface area contributed by atoms with Crippen LogP contribution in [0, 0.1) is 29.6 Å². The zero-order valence-electron chi connectivity index (χ0n) is 15.6. The summed E-state index contributed by atoms with van der Waals surface area (Å²) in [7, 11) is 0. The maximum atomic E-state index is 9.76. The van der Waals surface area contributed by atoms with Gasteiger partial charge in [0.2, 0.25) is 0 Å². The molecule has 3 aromatic rings. The van der Waals surface area contributed by atoms with Crippen LogP contribution in [0.5, 0.6) is 0 Å². The average Bonchev–Trinajstić information content (AvgIpc) is 3.21. The van der Waals surface area contributed by atoms with E-state index in [1.54, 1.807) is 13.1 Å². The maximum Gasteiger partial charge on any atom is 0.167 e. The van der Waals surface area contributed by atoms with E-state index in [2.05, 4.69) is 22.0 Å². The van der Waals surface area contributed by atoms with Crippen LogP contribution >= 0.6 is 0 Å². The topological polar surface area (TPSA) is 73.3 Å². The van der Waals surface area contributed by atoms with Crippen LogP contribution in [-0.2, 0) is 11.3 Å². The molecule has 2 aliphatic rings. The Morgan fingerprint density at radius 1 is 1.25 bits per heavy atom. The number of aromatic nitrogens is 3. The van der Waals surface area contributed by atoms with E-state index in [1.807, 2.05) is 41.1 Å². The number of rotatable bonds is 4. The van der Waals surface area contributed by atoms with Crippen LogP contribution in [0.2, 0.25) is 0 Å². The number of hydrogen-bond acceptors (Lipinski definition) is 5. The Bertz CT molecular complexity index is 1030. The number of imidazole rings is 1. The number of aliphatic hydroxyl groups excluding tert-OH is 1. The fourth-order valence-electron chi connectivity index (χ4n) is 3.86. The molecule has 6 nitrogen and oxygen atoms in total. The number of benzene rings is 1. The van der Waals surface area contributed by atoms with Crippen molar-refractivity contribution in [3.05, 3.63) is 59.8 Å². The highest BCUT2D eigenvalue weighted by Crippen LogP contribution is 2.50. The van der Waals surface area contributed by atoms with Gasteiger partial charge in [0, 0.05) is 47.3 Å². The summed E-state index contributed by atoms with van der Waals surface area (Å²) in [5.41, 5.74) is 2.75. The molecule has 28 heavy (non-hydrogen) atoms. The third-order valence-corrected chi connectivity index (χ3v) is 5.52. The third kappa shape index (κ3) is 3.24. The van der Waals surface area contributed by atoms with E-state index in [0.29, 0.717) is 35.9 Å². The predicted octanol–water partition coefficient (Wildman–Crippen LogP) is 2.88. The van der Waals surface area contributed by atoms with Gasteiger partial charge >= 0.3 is 0 Å². The molecule has 1 aliphatic heterocycles. The number of ether oxygens (including phenoxy) is 1. The Balaban J connectivity index is 1.27. The van der Waals surface area contributed by atoms with Crippen LogP contribution in [0.25, 0.3) is 11.3 Å². The Hall–Kier alpha value is -2.88. The molecular weight excluding hydrogens is 354 g/mol. The monoisotopic (exact) mass is 375 g/mol. The van der Waals surface area contributed by atoms with Crippen molar-refractivity contribution >= 4 is 0 Å². The van der Waals surface area contributed by atoms with Crippen molar-refractivity contribution in [3.63, 3.8) is 0 Å². The van der Waals surface area contributed by atoms with Gasteiger partial charge in [0.05, 0.1) is 19.8 Å². The molecule has 142 valence electrons. The SMILES string of the molecule is C[C@H](O)c1nccn1Cc1cc(-c2ccc(C#CC3C4COCC34)cc2)on1. The molecule has 0 bridgehead atoms. The highest BCUT2D eigenvalue weighted by Gasteiger charge is 2.53. The van der Waals surface area contributed by atoms with Gasteiger partial charge in [0.1, 0.15) is 17.6 Å². The van der Waals surface area contributed by atoms with E-state index in [4.69, 9.17) is 9.26 Å². The minimum atomic E-state index is -0.627. The molecule has 0 amide bonds. The normalized spacial score (nSPS) is 23.7. The van der Waals surface area contributed by atoms with Gasteiger partial charge in [-0.1, -0.05) is 17.0 Å². The summed E-state index contributed by atoms with van der Waals surface area (Å²) in [4.78, 5) is 4.17. The molecule has 0 radical (unpaired) electrons. The highest BCUT2D eigenvalue weighted by atomic mass is 16.5. The molecule has 1 aromatic carbocycles. The molecular formula is C22H21N3O3. The molecule has 1 saturated heterocycles. The van der Waals surface area contributed by atoms with Crippen LogP contribution in [0.15, 0.2) is 47.2 Å². The van der Waals surface area contributed by atoms with Crippen LogP contribution in [0.4, 0.5) is 0 Å². The quantitative estimate of drug-likeness (QED) is 0.710. The number of aliphatic hydroxyl groups is 1. The van der Waals surface area contributed by atoms with E-state index < -0.39 is 6.10 Å². The van der Waals surface area contributed by atoms with E-state index in [0.717, 1.165) is 30.0 Å². The standard InChI is InChI=1S/C22H21N3O3/c1-14(26)22-23-8-9-25(22)11-17-10-21(28-24-17)16-5-2-15(3-6-16)4-7-18-19-12-27-13-20(18)19/h2-3,5-6,8-10,14,18-20,26H,11-13H2,1H3/t14-,18?,19?,20?/m0/s1. The van der Waals surface area contributed by atoms with Crippen LogP contribution in [0.3, 0.4) is 0 Å². The van der Waals surface area contributed by atoms with E-state index >= 15 is 0 Å². The minimum Gasteiger partial charge on any atom is -0.385 e. The minimum absolute atomic E-state index is 0.501. The van der Waals surface area contributed by atoms with E-state index in [-0.39, 0.29) is 0 Å². The van der Waals surface area contributed by atoms with Crippen molar-refractivity contribution in [2.75, 3.05) is 13.2 Å². The molecule has 2 unspecified atom stereocenters. The van der Waals surface area contributed by atoms with Crippen molar-refractivity contribution in [2.24, 2.45) is 17.8 Å². The van der Waals surface area contributed by atoms with Gasteiger partial charge in [-0.15, -0.1) is 0 Å². The number of hydrogen-bond donors (Lipinski definition) is 1. The lowest BCUT2D eigenvalue weighted by Crippen LogP contribution is -2.07. The number of nitrogens with zero attached hydrogens (tertiary/aromatic N) is 3. The largest absolute Gasteiger partial charge is 0.385 e. The van der Waals surface area contributed by atoms with Crippen molar-refractivity contribution in [1.29, 1.82) is 0 Å². The molecule has 3 atom stereocenters. The lowest BCUT2D eigenvalue weighted by molar-refractivity contribution is 0.158. The van der Waals surface area contributed by atoms with E-state index in [1.165, 1.54) is 0 Å². The molecule has 1 aliphatic carbocycles. The number of fused-ring (bicyclic) bond motifs is 1. The summed E-state index contributed by atoms with van der Waals surface area (Å²) in [6.07, 6.45) is 2.87. The van der Waals surface area contributed by atoms with Gasteiger partial charge < -0.3 is 18.9 Å². The second kappa shape index (κ2) is 6.93. The van der Waals surface area contributed by atoms with E-state index in [9.17, 15) is 5.11 Å². The molecule has 1 N–H and O–H groups in total. The van der Waals surface area contributed by atoms with Crippen LogP contribution in [-0.4, -0.2) is 33.0 Å². The predicted molar refractivity (Wildman–Crippen MR) is 102 cm³/mol. The van der Waals surface area contributed by atoms with Crippen molar-refractivity contribution in [2.45, 2.75) is 19.6 Å². The Kier molecular flexibility index (Phi) is 4.27. The highest BCUT2D eigenvalue weighted by molar-refractivity contribution is 5.59. The Labute approximate surface area is 163 Å². The molecule has 2 aromatic heterocycles. The Morgan fingerprint density at radius 3 is 2.79 bits per heavy atom. The second-order valence-electron chi connectivity index (χ2n) is 7.51. The lowest BCUT2D eigenvalue weighted by Gasteiger charge is -2.07. The van der Waals surface area contributed by atoms with Crippen LogP contribution in [0.1, 0.15) is 30.1 Å². The average molecular weight is 375 g/mol. The second-order valence-corrected chi connectivity index (χ2v) is 7.51. The van der Waals surface area contributed by atoms with Gasteiger partial charge in [-0.05, 0) is 31.2 Å². The van der Waals surface area contributed by atoms with Crippen molar-refractivity contribution < 1.29 is 14.4 Å². The molecule has 2 fully saturated rings. The first-order chi connectivity index (χ1) is 13.7.